The summed E-state index contributed by atoms with van der Waals surface area (Å²) in [6.45, 7) is 4.14. The first-order chi connectivity index (χ1) is 9.74. The van der Waals surface area contributed by atoms with Gasteiger partial charge in [0.25, 0.3) is 5.56 Å². The topological polar surface area (TPSA) is 57.2 Å². The van der Waals surface area contributed by atoms with Crippen molar-refractivity contribution in [1.82, 2.24) is 10.3 Å². The molecular formula is C16H23N3O. The van der Waals surface area contributed by atoms with Gasteiger partial charge in [0.2, 0.25) is 0 Å². The Morgan fingerprint density at radius 2 is 2.05 bits per heavy atom. The van der Waals surface area contributed by atoms with Gasteiger partial charge in [-0.3, -0.25) is 9.79 Å². The zero-order valence-electron chi connectivity index (χ0n) is 12.1. The first kappa shape index (κ1) is 13.4. The third-order valence-electron chi connectivity index (χ3n) is 4.56. The number of hydrogen-bond donors (Lipinski definition) is 2. The zero-order valence-corrected chi connectivity index (χ0v) is 12.1. The number of nitrogens with one attached hydrogen (secondary N) is 2. The van der Waals surface area contributed by atoms with E-state index in [-0.39, 0.29) is 5.56 Å². The number of hydrogen-bond acceptors (Lipinski definition) is 3. The summed E-state index contributed by atoms with van der Waals surface area (Å²) in [5.41, 5.74) is 2.05. The van der Waals surface area contributed by atoms with Crippen LogP contribution in [0.2, 0.25) is 0 Å². The van der Waals surface area contributed by atoms with E-state index in [1.165, 1.54) is 12.8 Å². The normalized spacial score (nSPS) is 26.8. The fourth-order valence-corrected chi connectivity index (χ4v) is 3.24. The molecule has 1 aliphatic heterocycles. The number of rotatable bonds is 2. The molecule has 0 amide bonds. The highest BCUT2D eigenvalue weighted by Gasteiger charge is 2.22. The number of aromatic nitrogens is 1. The van der Waals surface area contributed by atoms with Gasteiger partial charge < -0.3 is 10.3 Å². The lowest BCUT2D eigenvalue weighted by molar-refractivity contribution is 0.346. The van der Waals surface area contributed by atoms with E-state index in [1.807, 2.05) is 0 Å². The Hall–Kier alpha value is -1.58. The van der Waals surface area contributed by atoms with Crippen LogP contribution in [0.15, 0.2) is 22.1 Å². The molecular weight excluding hydrogens is 250 g/mol. The van der Waals surface area contributed by atoms with Crippen molar-refractivity contribution in [2.24, 2.45) is 10.9 Å². The molecule has 1 saturated carbocycles. The van der Waals surface area contributed by atoms with Crippen LogP contribution in [0, 0.1) is 5.92 Å². The van der Waals surface area contributed by atoms with Gasteiger partial charge in [0.05, 0.1) is 0 Å². The lowest BCUT2D eigenvalue weighted by Gasteiger charge is -2.26. The summed E-state index contributed by atoms with van der Waals surface area (Å²) in [5.74, 6) is 2.15. The summed E-state index contributed by atoms with van der Waals surface area (Å²) in [6, 6.07) is 2.05. The molecule has 2 aliphatic rings. The number of pyridine rings is 1. The molecule has 4 heteroatoms. The van der Waals surface area contributed by atoms with Crippen LogP contribution < -0.4 is 10.9 Å². The number of nitrogens with zero attached hydrogens (tertiary/aromatic N) is 1. The predicted octanol–water partition coefficient (Wildman–Crippen LogP) is 2.41. The third-order valence-corrected chi connectivity index (χ3v) is 4.56. The van der Waals surface area contributed by atoms with Gasteiger partial charge in [-0.1, -0.05) is 19.8 Å². The molecule has 4 nitrogen and oxygen atoms in total. The molecule has 0 bridgehead atoms. The largest absolute Gasteiger partial charge is 0.370 e. The summed E-state index contributed by atoms with van der Waals surface area (Å²) in [4.78, 5) is 19.5. The minimum absolute atomic E-state index is 0.0738. The van der Waals surface area contributed by atoms with Crippen molar-refractivity contribution >= 4 is 5.84 Å². The highest BCUT2D eigenvalue weighted by Crippen LogP contribution is 2.34. The van der Waals surface area contributed by atoms with E-state index in [0.717, 1.165) is 55.2 Å². The minimum atomic E-state index is 0.0738. The van der Waals surface area contributed by atoms with Crippen molar-refractivity contribution in [1.29, 1.82) is 0 Å². The Bertz CT molecular complexity index is 553. The van der Waals surface area contributed by atoms with E-state index >= 15 is 0 Å². The summed E-state index contributed by atoms with van der Waals surface area (Å²) in [6.07, 6.45) is 7.59. The molecule has 0 unspecified atom stereocenters. The average Bonchev–Trinajstić information content (AvgIpc) is 2.50. The Balaban J connectivity index is 1.87. The van der Waals surface area contributed by atoms with E-state index in [9.17, 15) is 4.79 Å². The van der Waals surface area contributed by atoms with Crippen LogP contribution in [-0.4, -0.2) is 23.9 Å². The highest BCUT2D eigenvalue weighted by atomic mass is 16.1. The molecule has 1 aromatic rings. The van der Waals surface area contributed by atoms with Crippen molar-refractivity contribution in [3.05, 3.63) is 33.7 Å². The number of amidine groups is 1. The van der Waals surface area contributed by atoms with Gasteiger partial charge in [-0.25, -0.2) is 0 Å². The maximum absolute atomic E-state index is 12.1. The SMILES string of the molecule is CC1CCC(c2cc(C3=NCCCN3)c[nH]c2=O)CC1. The predicted molar refractivity (Wildman–Crippen MR) is 81.5 cm³/mol. The van der Waals surface area contributed by atoms with Gasteiger partial charge >= 0.3 is 0 Å². The number of H-pyrrole nitrogens is 1. The van der Waals surface area contributed by atoms with Gasteiger partial charge in [0, 0.05) is 30.4 Å². The molecule has 0 aromatic carbocycles. The van der Waals surface area contributed by atoms with Crippen LogP contribution in [0.5, 0.6) is 0 Å². The fraction of sp³-hybridized carbons (Fsp3) is 0.625. The number of aliphatic imine (C=N–C) groups is 1. The maximum Gasteiger partial charge on any atom is 0.251 e. The summed E-state index contributed by atoms with van der Waals surface area (Å²) in [5, 5.41) is 3.32. The highest BCUT2D eigenvalue weighted by molar-refractivity contribution is 5.98. The monoisotopic (exact) mass is 273 g/mol. The molecule has 0 saturated heterocycles. The molecule has 1 fully saturated rings. The van der Waals surface area contributed by atoms with Crippen molar-refractivity contribution in [2.75, 3.05) is 13.1 Å². The van der Waals surface area contributed by atoms with Crippen molar-refractivity contribution in [3.63, 3.8) is 0 Å². The standard InChI is InChI=1S/C16H23N3O/c1-11-3-5-12(6-4-11)14-9-13(10-19-16(14)20)15-17-7-2-8-18-15/h9-12H,2-8H2,1H3,(H,17,18)(H,19,20). The Morgan fingerprint density at radius 3 is 2.75 bits per heavy atom. The average molecular weight is 273 g/mol. The van der Waals surface area contributed by atoms with E-state index in [1.54, 1.807) is 6.20 Å². The Morgan fingerprint density at radius 1 is 1.25 bits per heavy atom. The van der Waals surface area contributed by atoms with Crippen LogP contribution in [-0.2, 0) is 0 Å². The summed E-state index contributed by atoms with van der Waals surface area (Å²) >= 11 is 0. The van der Waals surface area contributed by atoms with Gasteiger partial charge in [-0.05, 0) is 37.2 Å². The molecule has 2 heterocycles. The molecule has 0 radical (unpaired) electrons. The molecule has 3 rings (SSSR count). The first-order valence-corrected chi connectivity index (χ1v) is 7.75. The van der Waals surface area contributed by atoms with Crippen LogP contribution >= 0.6 is 0 Å². The van der Waals surface area contributed by atoms with E-state index in [2.05, 4.69) is 28.3 Å². The maximum atomic E-state index is 12.1. The smallest absolute Gasteiger partial charge is 0.251 e. The molecule has 1 aliphatic carbocycles. The van der Waals surface area contributed by atoms with Crippen LogP contribution in [0.3, 0.4) is 0 Å². The first-order valence-electron chi connectivity index (χ1n) is 7.75. The van der Waals surface area contributed by atoms with Crippen molar-refractivity contribution in [3.8, 4) is 0 Å². The minimum Gasteiger partial charge on any atom is -0.370 e. The van der Waals surface area contributed by atoms with Crippen LogP contribution in [0.25, 0.3) is 0 Å². The van der Waals surface area contributed by atoms with Gasteiger partial charge in [0.1, 0.15) is 5.84 Å². The quantitative estimate of drug-likeness (QED) is 0.869. The van der Waals surface area contributed by atoms with Crippen LogP contribution in [0.1, 0.15) is 56.1 Å². The van der Waals surface area contributed by atoms with Gasteiger partial charge in [-0.15, -0.1) is 0 Å². The Labute approximate surface area is 119 Å². The third kappa shape index (κ3) is 2.79. The van der Waals surface area contributed by atoms with Crippen molar-refractivity contribution in [2.45, 2.75) is 44.9 Å². The molecule has 20 heavy (non-hydrogen) atoms. The molecule has 0 atom stereocenters. The Kier molecular flexibility index (Phi) is 3.90. The zero-order chi connectivity index (χ0) is 13.9. The molecule has 0 spiro atoms. The second kappa shape index (κ2) is 5.81. The second-order valence-corrected chi connectivity index (χ2v) is 6.14. The van der Waals surface area contributed by atoms with E-state index in [4.69, 9.17) is 0 Å². The summed E-state index contributed by atoms with van der Waals surface area (Å²) in [7, 11) is 0. The number of aromatic amines is 1. The van der Waals surface area contributed by atoms with E-state index < -0.39 is 0 Å². The molecule has 108 valence electrons. The molecule has 1 aromatic heterocycles. The molecule has 2 N–H and O–H groups in total. The lowest BCUT2D eigenvalue weighted by Crippen LogP contribution is -2.31. The van der Waals surface area contributed by atoms with Gasteiger partial charge in [0.15, 0.2) is 0 Å². The second-order valence-electron chi connectivity index (χ2n) is 6.14. The van der Waals surface area contributed by atoms with Crippen molar-refractivity contribution < 1.29 is 0 Å². The van der Waals surface area contributed by atoms with E-state index in [0.29, 0.717) is 5.92 Å². The fourth-order valence-electron chi connectivity index (χ4n) is 3.24. The lowest BCUT2D eigenvalue weighted by atomic mass is 9.79. The summed E-state index contributed by atoms with van der Waals surface area (Å²) < 4.78 is 0. The van der Waals surface area contributed by atoms with Crippen LogP contribution in [0.4, 0.5) is 0 Å². The van der Waals surface area contributed by atoms with Gasteiger partial charge in [-0.2, -0.15) is 0 Å².